The second-order valence-electron chi connectivity index (χ2n) is 5.05. The maximum Gasteiger partial charge on any atom is 0.227 e. The third kappa shape index (κ3) is 3.41. The number of thiophene rings is 1. The number of fused-ring (bicyclic) bond motifs is 1. The first-order chi connectivity index (χ1) is 10.2. The molecule has 1 aliphatic rings. The molecule has 2 heterocycles. The monoisotopic (exact) mass is 318 g/mol. The van der Waals surface area contributed by atoms with Gasteiger partial charge in [-0.15, -0.1) is 23.1 Å². The summed E-state index contributed by atoms with van der Waals surface area (Å²) in [6, 6.07) is 10.0. The fourth-order valence-electron chi connectivity index (χ4n) is 2.50. The highest BCUT2D eigenvalue weighted by Crippen LogP contribution is 2.36. The SMILES string of the molecule is Nc1ccc2c(c1)N(C(=O)CCCc1cccs1)CCS2. The van der Waals surface area contributed by atoms with E-state index in [2.05, 4.69) is 17.5 Å². The van der Waals surface area contributed by atoms with Gasteiger partial charge in [0.1, 0.15) is 0 Å². The van der Waals surface area contributed by atoms with E-state index in [0.717, 1.165) is 35.7 Å². The molecule has 3 rings (SSSR count). The van der Waals surface area contributed by atoms with E-state index in [1.54, 1.807) is 23.1 Å². The molecule has 1 aliphatic heterocycles. The average Bonchev–Trinajstić information content (AvgIpc) is 2.99. The predicted molar refractivity (Wildman–Crippen MR) is 91.2 cm³/mol. The van der Waals surface area contributed by atoms with E-state index >= 15 is 0 Å². The Kier molecular flexibility index (Phi) is 4.51. The number of nitrogens with two attached hydrogens (primary N) is 1. The molecule has 21 heavy (non-hydrogen) atoms. The summed E-state index contributed by atoms with van der Waals surface area (Å²) in [6.45, 7) is 0.777. The Labute approximate surface area is 133 Å². The van der Waals surface area contributed by atoms with E-state index in [0.29, 0.717) is 12.1 Å². The molecular weight excluding hydrogens is 300 g/mol. The van der Waals surface area contributed by atoms with Gasteiger partial charge in [-0.2, -0.15) is 0 Å². The number of carbonyl (C=O) groups is 1. The third-order valence-electron chi connectivity index (χ3n) is 3.54. The highest BCUT2D eigenvalue weighted by atomic mass is 32.2. The summed E-state index contributed by atoms with van der Waals surface area (Å²) >= 11 is 3.55. The van der Waals surface area contributed by atoms with E-state index in [9.17, 15) is 4.79 Å². The Morgan fingerprint density at radius 2 is 2.24 bits per heavy atom. The Morgan fingerprint density at radius 1 is 1.33 bits per heavy atom. The molecule has 110 valence electrons. The highest BCUT2D eigenvalue weighted by molar-refractivity contribution is 7.99. The maximum atomic E-state index is 12.5. The molecule has 1 aromatic carbocycles. The lowest BCUT2D eigenvalue weighted by molar-refractivity contribution is -0.118. The summed E-state index contributed by atoms with van der Waals surface area (Å²) in [4.78, 5) is 16.9. The normalized spacial score (nSPS) is 14.0. The zero-order valence-corrected chi connectivity index (χ0v) is 13.4. The third-order valence-corrected chi connectivity index (χ3v) is 5.52. The zero-order valence-electron chi connectivity index (χ0n) is 11.7. The van der Waals surface area contributed by atoms with Crippen LogP contribution in [0.2, 0.25) is 0 Å². The van der Waals surface area contributed by atoms with Crippen molar-refractivity contribution in [3.05, 3.63) is 40.6 Å². The fraction of sp³-hybridized carbons (Fsp3) is 0.312. The molecule has 5 heteroatoms. The maximum absolute atomic E-state index is 12.5. The van der Waals surface area contributed by atoms with Crippen LogP contribution in [0.5, 0.6) is 0 Å². The Hall–Kier alpha value is -1.46. The largest absolute Gasteiger partial charge is 0.399 e. The number of benzene rings is 1. The van der Waals surface area contributed by atoms with E-state index < -0.39 is 0 Å². The Balaban J connectivity index is 1.64. The number of amides is 1. The summed E-state index contributed by atoms with van der Waals surface area (Å²) in [5.74, 6) is 1.16. The lowest BCUT2D eigenvalue weighted by atomic mass is 10.1. The van der Waals surface area contributed by atoms with E-state index in [4.69, 9.17) is 5.73 Å². The van der Waals surface area contributed by atoms with Gasteiger partial charge in [0, 0.05) is 34.2 Å². The van der Waals surface area contributed by atoms with Crippen LogP contribution in [-0.4, -0.2) is 18.2 Å². The van der Waals surface area contributed by atoms with Gasteiger partial charge in [0.15, 0.2) is 0 Å². The van der Waals surface area contributed by atoms with Crippen molar-refractivity contribution in [3.63, 3.8) is 0 Å². The number of anilines is 2. The van der Waals surface area contributed by atoms with Crippen molar-refractivity contribution in [1.82, 2.24) is 0 Å². The van der Waals surface area contributed by atoms with Crippen LogP contribution in [-0.2, 0) is 11.2 Å². The molecule has 0 aliphatic carbocycles. The molecule has 0 spiro atoms. The van der Waals surface area contributed by atoms with Crippen molar-refractivity contribution in [3.8, 4) is 0 Å². The first-order valence-corrected chi connectivity index (χ1v) is 8.95. The molecule has 0 bridgehead atoms. The summed E-state index contributed by atoms with van der Waals surface area (Å²) < 4.78 is 0. The second-order valence-corrected chi connectivity index (χ2v) is 7.22. The number of thioether (sulfide) groups is 1. The van der Waals surface area contributed by atoms with Gasteiger partial charge in [0.25, 0.3) is 0 Å². The summed E-state index contributed by atoms with van der Waals surface area (Å²) in [6.07, 6.45) is 2.48. The minimum Gasteiger partial charge on any atom is -0.399 e. The quantitative estimate of drug-likeness (QED) is 0.872. The summed E-state index contributed by atoms with van der Waals surface area (Å²) in [7, 11) is 0. The molecule has 0 fully saturated rings. The molecular formula is C16H18N2OS2. The van der Waals surface area contributed by atoms with Crippen LogP contribution in [0.3, 0.4) is 0 Å². The van der Waals surface area contributed by atoms with Gasteiger partial charge >= 0.3 is 0 Å². The van der Waals surface area contributed by atoms with Crippen molar-refractivity contribution in [2.24, 2.45) is 0 Å². The minimum absolute atomic E-state index is 0.207. The number of hydrogen-bond donors (Lipinski definition) is 1. The number of nitrogens with zero attached hydrogens (tertiary/aromatic N) is 1. The predicted octanol–water partition coefficient (Wildman–Crippen LogP) is 3.79. The topological polar surface area (TPSA) is 46.3 Å². The summed E-state index contributed by atoms with van der Waals surface area (Å²) in [5.41, 5.74) is 7.56. The van der Waals surface area contributed by atoms with E-state index in [-0.39, 0.29) is 5.91 Å². The van der Waals surface area contributed by atoms with Crippen LogP contribution < -0.4 is 10.6 Å². The van der Waals surface area contributed by atoms with Crippen LogP contribution in [0.25, 0.3) is 0 Å². The van der Waals surface area contributed by atoms with Crippen LogP contribution in [0.1, 0.15) is 17.7 Å². The van der Waals surface area contributed by atoms with Crippen molar-refractivity contribution in [2.75, 3.05) is 22.9 Å². The van der Waals surface area contributed by atoms with Gasteiger partial charge in [0.2, 0.25) is 5.91 Å². The molecule has 2 aromatic rings. The van der Waals surface area contributed by atoms with Crippen molar-refractivity contribution in [2.45, 2.75) is 24.2 Å². The van der Waals surface area contributed by atoms with E-state index in [1.165, 1.54) is 4.88 Å². The molecule has 0 saturated heterocycles. The van der Waals surface area contributed by atoms with Gasteiger partial charge < -0.3 is 10.6 Å². The van der Waals surface area contributed by atoms with Gasteiger partial charge in [-0.1, -0.05) is 6.07 Å². The van der Waals surface area contributed by atoms with Gasteiger partial charge in [-0.3, -0.25) is 4.79 Å². The highest BCUT2D eigenvalue weighted by Gasteiger charge is 2.22. The first kappa shape index (κ1) is 14.5. The zero-order chi connectivity index (χ0) is 14.7. The average molecular weight is 318 g/mol. The lowest BCUT2D eigenvalue weighted by Crippen LogP contribution is -2.35. The molecule has 1 amide bonds. The number of rotatable bonds is 4. The van der Waals surface area contributed by atoms with Gasteiger partial charge in [0.05, 0.1) is 5.69 Å². The molecule has 0 radical (unpaired) electrons. The van der Waals surface area contributed by atoms with Gasteiger partial charge in [-0.25, -0.2) is 0 Å². The molecule has 2 N–H and O–H groups in total. The van der Waals surface area contributed by atoms with Crippen LogP contribution in [0.4, 0.5) is 11.4 Å². The molecule has 1 aromatic heterocycles. The van der Waals surface area contributed by atoms with Crippen molar-refractivity contribution >= 4 is 40.4 Å². The number of carbonyl (C=O) groups excluding carboxylic acids is 1. The van der Waals surface area contributed by atoms with Crippen LogP contribution >= 0.6 is 23.1 Å². The number of aryl methyl sites for hydroxylation is 1. The molecule has 0 atom stereocenters. The molecule has 0 saturated carbocycles. The Morgan fingerprint density at radius 3 is 3.05 bits per heavy atom. The van der Waals surface area contributed by atoms with Crippen LogP contribution in [0, 0.1) is 0 Å². The standard InChI is InChI=1S/C16H18N2OS2/c17-12-6-7-15-14(11-12)18(8-10-21-15)16(19)5-1-3-13-4-2-9-20-13/h2,4,6-7,9,11H,1,3,5,8,10,17H2. The molecule has 3 nitrogen and oxygen atoms in total. The fourth-order valence-corrected chi connectivity index (χ4v) is 4.22. The van der Waals surface area contributed by atoms with Crippen LogP contribution in [0.15, 0.2) is 40.6 Å². The summed E-state index contributed by atoms with van der Waals surface area (Å²) in [5, 5.41) is 2.08. The lowest BCUT2D eigenvalue weighted by Gasteiger charge is -2.29. The minimum atomic E-state index is 0.207. The second kappa shape index (κ2) is 6.54. The van der Waals surface area contributed by atoms with Gasteiger partial charge in [-0.05, 0) is 42.5 Å². The number of hydrogen-bond acceptors (Lipinski definition) is 4. The Bertz CT molecular complexity index is 625. The van der Waals surface area contributed by atoms with Crippen molar-refractivity contribution in [1.29, 1.82) is 0 Å². The molecule has 0 unspecified atom stereocenters. The van der Waals surface area contributed by atoms with Crippen molar-refractivity contribution < 1.29 is 4.79 Å². The smallest absolute Gasteiger partial charge is 0.227 e. The number of nitrogen functional groups attached to an aromatic ring is 1. The van der Waals surface area contributed by atoms with E-state index in [1.807, 2.05) is 23.1 Å². The first-order valence-electron chi connectivity index (χ1n) is 7.09.